The number of halogens is 1. The van der Waals surface area contributed by atoms with Gasteiger partial charge in [0, 0.05) is 37.3 Å². The summed E-state index contributed by atoms with van der Waals surface area (Å²) >= 11 is 0. The smallest absolute Gasteiger partial charge is 0.191 e. The molecule has 3 heterocycles. The van der Waals surface area contributed by atoms with E-state index in [1.807, 2.05) is 19.2 Å². The van der Waals surface area contributed by atoms with Crippen LogP contribution in [0, 0.1) is 0 Å². The van der Waals surface area contributed by atoms with Gasteiger partial charge in [0.25, 0.3) is 0 Å². The summed E-state index contributed by atoms with van der Waals surface area (Å²) in [6.07, 6.45) is 7.96. The second-order valence-corrected chi connectivity index (χ2v) is 7.68. The molecule has 8 heteroatoms. The average molecular weight is 495 g/mol. The minimum Gasteiger partial charge on any atom is -0.354 e. The molecule has 2 aliphatic rings. The Labute approximate surface area is 183 Å². The van der Waals surface area contributed by atoms with E-state index in [4.69, 9.17) is 0 Å². The number of aromatic nitrogens is 3. The molecule has 2 saturated heterocycles. The Balaban J connectivity index is 0.00000225. The minimum atomic E-state index is 0. The van der Waals surface area contributed by atoms with E-state index < -0.39 is 0 Å². The zero-order chi connectivity index (χ0) is 18.6. The van der Waals surface area contributed by atoms with Gasteiger partial charge in [0.2, 0.25) is 0 Å². The highest BCUT2D eigenvalue weighted by atomic mass is 127. The number of piperidine rings is 2. The Morgan fingerprint density at radius 2 is 2.07 bits per heavy atom. The molecule has 28 heavy (non-hydrogen) atoms. The summed E-state index contributed by atoms with van der Waals surface area (Å²) in [5.74, 6) is 1.67. The molecule has 1 aromatic carbocycles. The Hall–Kier alpha value is -1.68. The summed E-state index contributed by atoms with van der Waals surface area (Å²) in [6.45, 7) is 0.723. The molecule has 2 fully saturated rings. The molecule has 0 saturated carbocycles. The summed E-state index contributed by atoms with van der Waals surface area (Å²) in [5.41, 5.74) is 2.23. The molecule has 2 unspecified atom stereocenters. The first kappa shape index (κ1) is 21.0. The van der Waals surface area contributed by atoms with Crippen molar-refractivity contribution >= 4 is 29.9 Å². The summed E-state index contributed by atoms with van der Waals surface area (Å²) in [7, 11) is 4.13. The number of guanidine groups is 1. The van der Waals surface area contributed by atoms with Crippen LogP contribution >= 0.6 is 24.0 Å². The molecule has 2 atom stereocenters. The van der Waals surface area contributed by atoms with Crippen molar-refractivity contribution in [2.45, 2.75) is 56.8 Å². The van der Waals surface area contributed by atoms with E-state index in [9.17, 15) is 0 Å². The Morgan fingerprint density at radius 1 is 1.29 bits per heavy atom. The van der Waals surface area contributed by atoms with Crippen molar-refractivity contribution in [3.8, 4) is 11.4 Å². The average Bonchev–Trinajstić information content (AvgIpc) is 3.21. The van der Waals surface area contributed by atoms with Crippen LogP contribution in [0.5, 0.6) is 0 Å². The third-order valence-electron chi connectivity index (χ3n) is 5.98. The third-order valence-corrected chi connectivity index (χ3v) is 5.98. The van der Waals surface area contributed by atoms with E-state index in [0.29, 0.717) is 18.1 Å². The lowest BCUT2D eigenvalue weighted by Gasteiger charge is -2.47. The van der Waals surface area contributed by atoms with Crippen LogP contribution < -0.4 is 10.6 Å². The van der Waals surface area contributed by atoms with Crippen molar-refractivity contribution in [1.29, 1.82) is 0 Å². The van der Waals surface area contributed by atoms with Gasteiger partial charge in [-0.3, -0.25) is 10.1 Å². The van der Waals surface area contributed by atoms with Gasteiger partial charge in [0.05, 0.1) is 0 Å². The number of nitrogens with one attached hydrogen (secondary N) is 3. The van der Waals surface area contributed by atoms with Gasteiger partial charge in [-0.1, -0.05) is 24.6 Å². The summed E-state index contributed by atoms with van der Waals surface area (Å²) < 4.78 is 0. The van der Waals surface area contributed by atoms with Gasteiger partial charge in [0.15, 0.2) is 11.8 Å². The zero-order valence-corrected chi connectivity index (χ0v) is 18.9. The fourth-order valence-corrected chi connectivity index (χ4v) is 4.48. The van der Waals surface area contributed by atoms with Crippen LogP contribution in [0.25, 0.3) is 11.4 Å². The van der Waals surface area contributed by atoms with E-state index in [1.54, 1.807) is 0 Å². The first-order chi connectivity index (χ1) is 13.2. The predicted octanol–water partition coefficient (Wildman–Crippen LogP) is 2.77. The van der Waals surface area contributed by atoms with E-state index >= 15 is 0 Å². The van der Waals surface area contributed by atoms with Crippen LogP contribution in [0.1, 0.15) is 37.7 Å². The minimum absolute atomic E-state index is 0. The van der Waals surface area contributed by atoms with Crippen LogP contribution in [0.15, 0.2) is 35.6 Å². The van der Waals surface area contributed by atoms with Gasteiger partial charge in [-0.05, 0) is 44.4 Å². The molecule has 1 aromatic heterocycles. The summed E-state index contributed by atoms with van der Waals surface area (Å²) in [4.78, 5) is 11.2. The molecule has 0 aliphatic carbocycles. The molecule has 0 amide bonds. The second-order valence-electron chi connectivity index (χ2n) is 7.68. The first-order valence-electron chi connectivity index (χ1n) is 9.86. The Kier molecular flexibility index (Phi) is 7.28. The number of hydrogen-bond donors (Lipinski definition) is 3. The topological polar surface area (TPSA) is 81.2 Å². The van der Waals surface area contributed by atoms with Crippen molar-refractivity contribution in [3.05, 3.63) is 36.2 Å². The van der Waals surface area contributed by atoms with Crippen LogP contribution in [-0.2, 0) is 6.54 Å². The van der Waals surface area contributed by atoms with Crippen LogP contribution in [0.3, 0.4) is 0 Å². The third kappa shape index (κ3) is 4.83. The number of hydrogen-bond acceptors (Lipinski definition) is 4. The largest absolute Gasteiger partial charge is 0.354 e. The van der Waals surface area contributed by atoms with Crippen molar-refractivity contribution < 1.29 is 0 Å². The fourth-order valence-electron chi connectivity index (χ4n) is 4.48. The van der Waals surface area contributed by atoms with Crippen molar-refractivity contribution in [1.82, 2.24) is 30.7 Å². The number of nitrogens with zero attached hydrogens (tertiary/aromatic N) is 4. The molecule has 4 rings (SSSR count). The van der Waals surface area contributed by atoms with Crippen molar-refractivity contribution in [2.24, 2.45) is 4.99 Å². The highest BCUT2D eigenvalue weighted by Gasteiger charge is 2.36. The van der Waals surface area contributed by atoms with Gasteiger partial charge in [-0.2, -0.15) is 5.10 Å². The molecular weight excluding hydrogens is 465 g/mol. The molecule has 2 aromatic rings. The normalized spacial score (nSPS) is 25.1. The Morgan fingerprint density at radius 3 is 2.75 bits per heavy atom. The highest BCUT2D eigenvalue weighted by molar-refractivity contribution is 14.0. The maximum atomic E-state index is 4.43. The molecule has 152 valence electrons. The highest BCUT2D eigenvalue weighted by Crippen LogP contribution is 2.32. The van der Waals surface area contributed by atoms with E-state index in [-0.39, 0.29) is 24.0 Å². The predicted molar refractivity (Wildman–Crippen MR) is 123 cm³/mol. The quantitative estimate of drug-likeness (QED) is 0.346. The van der Waals surface area contributed by atoms with Gasteiger partial charge in [0.1, 0.15) is 6.33 Å². The van der Waals surface area contributed by atoms with E-state index in [0.717, 1.165) is 23.9 Å². The van der Waals surface area contributed by atoms with Crippen LogP contribution in [0.2, 0.25) is 0 Å². The molecule has 0 spiro atoms. The molecular formula is C20H30IN7. The van der Waals surface area contributed by atoms with E-state index in [2.05, 4.69) is 54.9 Å². The van der Waals surface area contributed by atoms with Gasteiger partial charge < -0.3 is 15.5 Å². The molecule has 2 aliphatic heterocycles. The summed E-state index contributed by atoms with van der Waals surface area (Å²) in [6, 6.07) is 10.2. The maximum Gasteiger partial charge on any atom is 0.191 e. The lowest BCUT2D eigenvalue weighted by Crippen LogP contribution is -2.56. The molecule has 0 radical (unpaired) electrons. The lowest BCUT2D eigenvalue weighted by atomic mass is 9.82. The maximum absolute atomic E-state index is 4.43. The van der Waals surface area contributed by atoms with Crippen molar-refractivity contribution in [2.75, 3.05) is 14.1 Å². The number of aromatic amines is 1. The lowest BCUT2D eigenvalue weighted by molar-refractivity contribution is 0.0526. The van der Waals surface area contributed by atoms with Crippen LogP contribution in [-0.4, -0.2) is 58.3 Å². The zero-order valence-electron chi connectivity index (χ0n) is 16.6. The molecule has 3 N–H and O–H groups in total. The second kappa shape index (κ2) is 9.69. The number of fused-ring (bicyclic) bond motifs is 2. The number of H-pyrrole nitrogens is 1. The summed E-state index contributed by atoms with van der Waals surface area (Å²) in [5, 5.41) is 14.0. The number of rotatable bonds is 4. The molecule has 7 nitrogen and oxygen atoms in total. The van der Waals surface area contributed by atoms with Crippen LogP contribution in [0.4, 0.5) is 0 Å². The Bertz CT molecular complexity index is 763. The fraction of sp³-hybridized carbons (Fsp3) is 0.550. The van der Waals surface area contributed by atoms with Gasteiger partial charge >= 0.3 is 0 Å². The van der Waals surface area contributed by atoms with E-state index in [1.165, 1.54) is 44.0 Å². The SMILES string of the molecule is CN=C(NCc1cccc(-c2ncn[nH]2)c1)NC1CC2CCCC(C1)N2C.I. The monoisotopic (exact) mass is 495 g/mol. The number of aliphatic imine (C=N–C) groups is 1. The van der Waals surface area contributed by atoms with Gasteiger partial charge in [-0.15, -0.1) is 24.0 Å². The van der Waals surface area contributed by atoms with Gasteiger partial charge in [-0.25, -0.2) is 4.98 Å². The first-order valence-corrected chi connectivity index (χ1v) is 9.86. The number of benzene rings is 1. The standard InChI is InChI=1S/C20H29N7.HI/c1-21-20(25-16-10-17-7-4-8-18(11-16)27(17)2)22-12-14-5-3-6-15(9-14)19-23-13-24-26-19;/h3,5-6,9,13,16-18H,4,7-8,10-12H2,1-2H3,(H2,21,22,25)(H,23,24,26);1H. The molecule has 2 bridgehead atoms. The van der Waals surface area contributed by atoms with Crippen molar-refractivity contribution in [3.63, 3.8) is 0 Å².